The summed E-state index contributed by atoms with van der Waals surface area (Å²) in [5, 5.41) is 54.8. The Morgan fingerprint density at radius 1 is 0.965 bits per heavy atom. The second-order valence-electron chi connectivity index (χ2n) is 11.4. The van der Waals surface area contributed by atoms with Crippen LogP contribution in [0.5, 0.6) is 5.88 Å². The van der Waals surface area contributed by atoms with Crippen LogP contribution in [-0.4, -0.2) is 94.6 Å². The number of aromatic nitrogens is 6. The van der Waals surface area contributed by atoms with Gasteiger partial charge in [-0.25, -0.2) is 37.8 Å². The van der Waals surface area contributed by atoms with Gasteiger partial charge in [-0.1, -0.05) is 17.3 Å². The monoisotopic (exact) mass is 845 g/mol. The normalized spacial score (nSPS) is 15.7. The summed E-state index contributed by atoms with van der Waals surface area (Å²) < 4.78 is 91.9. The lowest BCUT2D eigenvalue weighted by Crippen LogP contribution is -2.34. The number of aliphatic imine (C=N–C) groups is 1. The lowest BCUT2D eigenvalue weighted by Gasteiger charge is -2.30. The molecular weight excluding hydrogens is 817 g/mol. The number of nitrogens with two attached hydrogens (primary N) is 2. The Labute approximate surface area is 316 Å². The molecule has 0 amide bonds. The third kappa shape index (κ3) is 10.6. The first-order chi connectivity index (χ1) is 27.0. The molecule has 3 heterocycles. The van der Waals surface area contributed by atoms with E-state index >= 15 is 0 Å². The quantitative estimate of drug-likeness (QED) is 0.0227. The fourth-order valence-corrected chi connectivity index (χ4v) is 5.96. The van der Waals surface area contributed by atoms with Crippen molar-refractivity contribution < 1.29 is 59.4 Å². The maximum atomic E-state index is 13.4. The molecule has 0 spiro atoms. The molecule has 3 aromatic heterocycles. The molecule has 0 fully saturated rings. The minimum absolute atomic E-state index is 0.0204. The fourth-order valence-electron chi connectivity index (χ4n) is 5.22. The van der Waals surface area contributed by atoms with Crippen molar-refractivity contribution in [3.05, 3.63) is 96.6 Å². The number of hydroxylamine groups is 1. The van der Waals surface area contributed by atoms with E-state index in [0.29, 0.717) is 24.0 Å². The molecule has 306 valence electrons. The number of hydrogen-bond donors (Lipinski definition) is 7. The van der Waals surface area contributed by atoms with Crippen LogP contribution in [0.2, 0.25) is 0 Å². The number of aliphatic hydroxyl groups excluding tert-OH is 1. The number of nitrogens with zero attached hydrogens (tertiary/aromatic N) is 8. The summed E-state index contributed by atoms with van der Waals surface area (Å²) in [4.78, 5) is 26.3. The SMILES string of the molecule is NS(=O)(=O)NCCO.NS(=O)(=O)NCCOc1nonc1C(=NC1Cc2ccc(F)cc21)NO.O=c1onc(-c2nonc2[N+](=O)[O-])n1C1Cc2ccc(F)cc21. The first-order valence-corrected chi connectivity index (χ1v) is 18.8. The van der Waals surface area contributed by atoms with Gasteiger partial charge in [0.25, 0.3) is 32.0 Å². The van der Waals surface area contributed by atoms with E-state index in [-0.39, 0.29) is 67.1 Å². The Morgan fingerprint density at radius 3 is 2.21 bits per heavy atom. The van der Waals surface area contributed by atoms with Crippen molar-refractivity contribution in [1.82, 2.24) is 45.3 Å². The lowest BCUT2D eigenvalue weighted by molar-refractivity contribution is -0.390. The van der Waals surface area contributed by atoms with Crippen LogP contribution in [0.15, 0.2) is 60.0 Å². The van der Waals surface area contributed by atoms with Gasteiger partial charge in [0.15, 0.2) is 11.0 Å². The largest absolute Gasteiger partial charge is 0.472 e. The first-order valence-electron chi connectivity index (χ1n) is 15.7. The molecule has 0 saturated heterocycles. The number of fused-ring (bicyclic) bond motifs is 2. The molecule has 0 radical (unpaired) electrons. The highest BCUT2D eigenvalue weighted by Crippen LogP contribution is 2.39. The molecule has 2 atom stereocenters. The van der Waals surface area contributed by atoms with Gasteiger partial charge in [0.05, 0.1) is 18.7 Å². The Morgan fingerprint density at radius 2 is 1.60 bits per heavy atom. The molecule has 0 saturated carbocycles. The molecule has 7 rings (SSSR count). The third-order valence-electron chi connectivity index (χ3n) is 7.70. The first kappa shape index (κ1) is 42.0. The van der Waals surface area contributed by atoms with Crippen LogP contribution in [-0.2, 0) is 33.3 Å². The summed E-state index contributed by atoms with van der Waals surface area (Å²) in [6, 6.07) is 7.72. The molecule has 57 heavy (non-hydrogen) atoms. The average molecular weight is 846 g/mol. The van der Waals surface area contributed by atoms with Crippen molar-refractivity contribution in [2.45, 2.75) is 24.9 Å². The number of benzene rings is 2. The number of halogens is 2. The second kappa shape index (κ2) is 17.8. The van der Waals surface area contributed by atoms with Crippen LogP contribution >= 0.6 is 0 Å². The van der Waals surface area contributed by atoms with Crippen LogP contribution < -0.4 is 35.7 Å². The number of ether oxygens (including phenoxy) is 1. The van der Waals surface area contributed by atoms with Gasteiger partial charge in [-0.3, -0.25) is 20.2 Å². The molecule has 26 nitrogen and oxygen atoms in total. The predicted molar refractivity (Wildman–Crippen MR) is 182 cm³/mol. The van der Waals surface area contributed by atoms with Crippen molar-refractivity contribution in [2.75, 3.05) is 26.3 Å². The fraction of sp³-hybridized carbons (Fsp3) is 0.296. The highest BCUT2D eigenvalue weighted by Gasteiger charge is 2.37. The van der Waals surface area contributed by atoms with Crippen molar-refractivity contribution in [1.29, 1.82) is 0 Å². The molecule has 30 heteroatoms. The summed E-state index contributed by atoms with van der Waals surface area (Å²) in [7, 11) is -7.43. The van der Waals surface area contributed by atoms with Crippen molar-refractivity contribution in [3.8, 4) is 17.4 Å². The van der Waals surface area contributed by atoms with Crippen molar-refractivity contribution in [2.24, 2.45) is 15.3 Å². The summed E-state index contributed by atoms with van der Waals surface area (Å²) >= 11 is 0. The molecule has 0 bridgehead atoms. The molecule has 2 aromatic carbocycles. The Hall–Kier alpha value is -6.15. The lowest BCUT2D eigenvalue weighted by atomic mass is 9.83. The Bertz CT molecular complexity index is 2540. The zero-order chi connectivity index (χ0) is 41.5. The number of hydrogen-bond acceptors (Lipinski definition) is 19. The molecule has 2 aliphatic rings. The van der Waals surface area contributed by atoms with Crippen LogP contribution in [0.25, 0.3) is 11.5 Å². The van der Waals surface area contributed by atoms with E-state index in [1.54, 1.807) is 12.1 Å². The van der Waals surface area contributed by atoms with Crippen LogP contribution in [0, 0.1) is 21.7 Å². The van der Waals surface area contributed by atoms with E-state index < -0.39 is 48.8 Å². The van der Waals surface area contributed by atoms with Gasteiger partial charge in [-0.15, -0.1) is 4.63 Å². The van der Waals surface area contributed by atoms with Gasteiger partial charge in [0, 0.05) is 13.1 Å². The zero-order valence-electron chi connectivity index (χ0n) is 28.6. The maximum Gasteiger partial charge on any atom is 0.446 e. The van der Waals surface area contributed by atoms with Crippen molar-refractivity contribution in [3.63, 3.8) is 0 Å². The molecule has 0 aliphatic heterocycles. The number of nitro groups is 1. The van der Waals surface area contributed by atoms with Gasteiger partial charge in [0.2, 0.25) is 11.5 Å². The van der Waals surface area contributed by atoms with Crippen LogP contribution in [0.3, 0.4) is 0 Å². The topological polar surface area (TPSA) is 387 Å². The van der Waals surface area contributed by atoms with Crippen LogP contribution in [0.1, 0.15) is 40.0 Å². The number of rotatable bonds is 13. The molecule has 5 aromatic rings. The standard InChI is InChI=1S/C13H15FN6O5S.C12H6FN5O5.C2H8N2O3S/c14-8-2-1-7-5-10(9(7)6-8)17-12(18-21)11-13(20-25-19-11)24-4-3-16-26(15,22)23;13-6-2-1-5-3-8(7(5)4-6)17-10(15-22-12(17)19)9-11(18(20)21)16-23-14-9;3-8(6,7)4-1-2-5/h1-2,6,10,16,21H,3-5H2,(H,17,18)(H2,15,22,23);1-2,4,8H,3H2;4-5H,1-2H2,(H2,3,6,7). The summed E-state index contributed by atoms with van der Waals surface area (Å²) in [5.41, 5.74) is 4.64. The summed E-state index contributed by atoms with van der Waals surface area (Å²) in [6.45, 7) is -0.497. The Kier molecular flexibility index (Phi) is 13.1. The smallest absolute Gasteiger partial charge is 0.446 e. The van der Waals surface area contributed by atoms with Gasteiger partial charge >= 0.3 is 11.6 Å². The van der Waals surface area contributed by atoms with E-state index in [2.05, 4.69) is 49.7 Å². The molecular formula is C27H29F2N13O13S2. The van der Waals surface area contributed by atoms with E-state index in [1.807, 2.05) is 14.9 Å². The van der Waals surface area contributed by atoms with Crippen molar-refractivity contribution >= 4 is 32.1 Å². The van der Waals surface area contributed by atoms with Gasteiger partial charge in [-0.2, -0.15) is 21.6 Å². The van der Waals surface area contributed by atoms with Gasteiger partial charge in [0.1, 0.15) is 18.2 Å². The summed E-state index contributed by atoms with van der Waals surface area (Å²) in [6.07, 6.45) is 1.00. The van der Waals surface area contributed by atoms with Gasteiger partial charge < -0.3 is 20.0 Å². The summed E-state index contributed by atoms with van der Waals surface area (Å²) in [5.74, 6) is -2.74. The predicted octanol–water partition coefficient (Wildman–Crippen LogP) is -1.75. The molecule has 9 N–H and O–H groups in total. The van der Waals surface area contributed by atoms with E-state index in [4.69, 9.17) is 15.0 Å². The maximum absolute atomic E-state index is 13.4. The highest BCUT2D eigenvalue weighted by atomic mass is 32.2. The molecule has 2 aliphatic carbocycles. The average Bonchev–Trinajstić information content (AvgIpc) is 3.89. The van der Waals surface area contributed by atoms with E-state index in [0.717, 1.165) is 15.7 Å². The zero-order valence-corrected chi connectivity index (χ0v) is 30.2. The minimum Gasteiger partial charge on any atom is -0.472 e. The number of amidine groups is 1. The Balaban J connectivity index is 0.000000184. The molecule has 2 unspecified atom stereocenters. The minimum atomic E-state index is -3.84. The second-order valence-corrected chi connectivity index (χ2v) is 14.2. The number of nitrogens with one attached hydrogen (secondary N) is 3. The van der Waals surface area contributed by atoms with Crippen LogP contribution in [0.4, 0.5) is 14.6 Å². The number of aliphatic hydroxyl groups is 1. The highest BCUT2D eigenvalue weighted by molar-refractivity contribution is 7.87. The van der Waals surface area contributed by atoms with Gasteiger partial charge in [-0.05, 0) is 79.8 Å². The van der Waals surface area contributed by atoms with E-state index in [1.165, 1.54) is 24.3 Å². The third-order valence-corrected chi connectivity index (χ3v) is 8.91. The van der Waals surface area contributed by atoms with E-state index in [9.17, 15) is 45.7 Å².